The van der Waals surface area contributed by atoms with Crippen molar-refractivity contribution >= 4 is 10.0 Å². The van der Waals surface area contributed by atoms with Crippen LogP contribution in [0.15, 0.2) is 35.5 Å². The lowest BCUT2D eigenvalue weighted by molar-refractivity contribution is 0.0730. The van der Waals surface area contributed by atoms with Crippen molar-refractivity contribution in [1.82, 2.24) is 24.5 Å². The van der Waals surface area contributed by atoms with Gasteiger partial charge in [0.2, 0.25) is 10.0 Å². The van der Waals surface area contributed by atoms with Crippen LogP contribution in [0.2, 0.25) is 0 Å². The third kappa shape index (κ3) is 2.42. The third-order valence-electron chi connectivity index (χ3n) is 3.06. The summed E-state index contributed by atoms with van der Waals surface area (Å²) in [6, 6.07) is 6.46. The van der Waals surface area contributed by atoms with E-state index in [-0.39, 0.29) is 4.90 Å². The zero-order valence-corrected chi connectivity index (χ0v) is 11.4. The van der Waals surface area contributed by atoms with Crippen LogP contribution in [-0.2, 0) is 14.8 Å². The molecule has 0 unspecified atom stereocenters. The first-order valence-corrected chi connectivity index (χ1v) is 7.53. The smallest absolute Gasteiger partial charge is 0.243 e. The van der Waals surface area contributed by atoms with Gasteiger partial charge >= 0.3 is 0 Å². The lowest BCUT2D eigenvalue weighted by Crippen LogP contribution is -2.40. The van der Waals surface area contributed by atoms with Gasteiger partial charge in [0.05, 0.1) is 23.8 Å². The molecule has 106 valence electrons. The molecule has 20 heavy (non-hydrogen) atoms. The number of hydrogen-bond acceptors (Lipinski definition) is 6. The summed E-state index contributed by atoms with van der Waals surface area (Å²) >= 11 is 0. The van der Waals surface area contributed by atoms with E-state index >= 15 is 0 Å². The van der Waals surface area contributed by atoms with Gasteiger partial charge in [-0.15, -0.1) is 5.10 Å². The molecule has 0 radical (unpaired) electrons. The molecule has 0 amide bonds. The number of morpholine rings is 1. The highest BCUT2D eigenvalue weighted by molar-refractivity contribution is 7.89. The molecule has 9 heteroatoms. The van der Waals surface area contributed by atoms with E-state index in [2.05, 4.69) is 15.5 Å². The van der Waals surface area contributed by atoms with E-state index < -0.39 is 10.0 Å². The van der Waals surface area contributed by atoms with Gasteiger partial charge in [-0.25, -0.2) is 13.1 Å². The summed E-state index contributed by atoms with van der Waals surface area (Å²) in [5.41, 5.74) is 0.705. The Morgan fingerprint density at radius 3 is 2.40 bits per heavy atom. The summed E-state index contributed by atoms with van der Waals surface area (Å²) in [5, 5.41) is 10.8. The Morgan fingerprint density at radius 1 is 1.10 bits per heavy atom. The quantitative estimate of drug-likeness (QED) is 0.771. The summed E-state index contributed by atoms with van der Waals surface area (Å²) in [7, 11) is -3.46. The van der Waals surface area contributed by atoms with E-state index in [0.717, 1.165) is 0 Å². The first-order valence-electron chi connectivity index (χ1n) is 6.09. The molecule has 1 aliphatic rings. The summed E-state index contributed by atoms with van der Waals surface area (Å²) in [6.45, 7) is 1.64. The monoisotopic (exact) mass is 295 g/mol. The van der Waals surface area contributed by atoms with Crippen molar-refractivity contribution in [2.45, 2.75) is 4.90 Å². The molecule has 0 N–H and O–H groups in total. The summed E-state index contributed by atoms with van der Waals surface area (Å²) in [4.78, 5) is 0.260. The average Bonchev–Trinajstić information content (AvgIpc) is 3.02. The van der Waals surface area contributed by atoms with E-state index in [1.165, 1.54) is 15.3 Å². The summed E-state index contributed by atoms with van der Waals surface area (Å²) < 4.78 is 32.9. The second kappa shape index (κ2) is 5.27. The summed E-state index contributed by atoms with van der Waals surface area (Å²) in [5.74, 6) is 0. The molecule has 0 aliphatic carbocycles. The normalized spacial score (nSPS) is 17.2. The van der Waals surface area contributed by atoms with Gasteiger partial charge in [-0.2, -0.15) is 4.31 Å². The van der Waals surface area contributed by atoms with Crippen LogP contribution in [0.3, 0.4) is 0 Å². The number of sulfonamides is 1. The molecule has 0 bridgehead atoms. The maximum absolute atomic E-state index is 12.4. The first kappa shape index (κ1) is 13.2. The highest BCUT2D eigenvalue weighted by atomic mass is 32.2. The summed E-state index contributed by atoms with van der Waals surface area (Å²) in [6.07, 6.45) is 1.45. The number of aromatic nitrogens is 4. The van der Waals surface area contributed by atoms with Crippen LogP contribution in [0.4, 0.5) is 0 Å². The Labute approximate surface area is 116 Å². The Bertz CT molecular complexity index is 663. The minimum Gasteiger partial charge on any atom is -0.379 e. The van der Waals surface area contributed by atoms with Gasteiger partial charge in [-0.1, -0.05) is 0 Å². The Kier molecular flexibility index (Phi) is 3.47. The minimum atomic E-state index is -3.46. The number of benzene rings is 1. The molecule has 1 fully saturated rings. The largest absolute Gasteiger partial charge is 0.379 e. The van der Waals surface area contributed by atoms with Crippen molar-refractivity contribution in [3.05, 3.63) is 30.6 Å². The second-order valence-corrected chi connectivity index (χ2v) is 6.20. The zero-order chi connectivity index (χ0) is 14.0. The van der Waals surface area contributed by atoms with Crippen LogP contribution in [0.1, 0.15) is 0 Å². The fourth-order valence-electron chi connectivity index (χ4n) is 1.99. The van der Waals surface area contributed by atoms with E-state index in [1.807, 2.05) is 0 Å². The van der Waals surface area contributed by atoms with Crippen molar-refractivity contribution in [3.8, 4) is 5.69 Å². The van der Waals surface area contributed by atoms with E-state index in [1.54, 1.807) is 24.3 Å². The van der Waals surface area contributed by atoms with Gasteiger partial charge in [0.25, 0.3) is 0 Å². The molecule has 3 rings (SSSR count). The molecule has 0 saturated carbocycles. The van der Waals surface area contributed by atoms with Crippen LogP contribution in [-0.4, -0.2) is 59.2 Å². The molecule has 1 aliphatic heterocycles. The van der Waals surface area contributed by atoms with Gasteiger partial charge in [-0.3, -0.25) is 0 Å². The lowest BCUT2D eigenvalue weighted by Gasteiger charge is -2.26. The molecular weight excluding hydrogens is 282 g/mol. The lowest BCUT2D eigenvalue weighted by atomic mass is 10.3. The van der Waals surface area contributed by atoms with Crippen molar-refractivity contribution in [2.75, 3.05) is 26.3 Å². The van der Waals surface area contributed by atoms with Gasteiger partial charge < -0.3 is 4.74 Å². The second-order valence-electron chi connectivity index (χ2n) is 4.26. The standard InChI is InChI=1S/C11H13N5O3S/c17-20(18,15-5-7-19-8-6-15)11-3-1-10(2-4-11)16-9-12-13-14-16/h1-4,9H,5-8H2. The number of ether oxygens (including phenoxy) is 1. The van der Waals surface area contributed by atoms with Crippen LogP contribution in [0.25, 0.3) is 5.69 Å². The van der Waals surface area contributed by atoms with Crippen LogP contribution >= 0.6 is 0 Å². The number of hydrogen-bond donors (Lipinski definition) is 0. The molecule has 0 spiro atoms. The zero-order valence-electron chi connectivity index (χ0n) is 10.6. The van der Waals surface area contributed by atoms with Gasteiger partial charge in [0.15, 0.2) is 0 Å². The van der Waals surface area contributed by atoms with Crippen LogP contribution < -0.4 is 0 Å². The van der Waals surface area contributed by atoms with Crippen molar-refractivity contribution < 1.29 is 13.2 Å². The molecule has 1 aromatic heterocycles. The first-order chi connectivity index (χ1) is 9.68. The fourth-order valence-corrected chi connectivity index (χ4v) is 3.39. The molecular formula is C11H13N5O3S. The highest BCUT2D eigenvalue weighted by Crippen LogP contribution is 2.18. The van der Waals surface area contributed by atoms with E-state index in [9.17, 15) is 8.42 Å². The SMILES string of the molecule is O=S(=O)(c1ccc(-n2cnnn2)cc1)N1CCOCC1. The fraction of sp³-hybridized carbons (Fsp3) is 0.364. The van der Waals surface area contributed by atoms with E-state index in [4.69, 9.17) is 4.74 Å². The number of nitrogens with zero attached hydrogens (tertiary/aromatic N) is 5. The maximum Gasteiger partial charge on any atom is 0.243 e. The van der Waals surface area contributed by atoms with Crippen molar-refractivity contribution in [1.29, 1.82) is 0 Å². The predicted molar refractivity (Wildman–Crippen MR) is 68.7 cm³/mol. The number of tetrazole rings is 1. The minimum absolute atomic E-state index is 0.260. The van der Waals surface area contributed by atoms with E-state index in [0.29, 0.717) is 32.0 Å². The molecule has 0 atom stereocenters. The molecule has 1 saturated heterocycles. The van der Waals surface area contributed by atoms with Crippen LogP contribution in [0.5, 0.6) is 0 Å². The maximum atomic E-state index is 12.4. The van der Waals surface area contributed by atoms with Crippen LogP contribution in [0, 0.1) is 0 Å². The molecule has 2 heterocycles. The predicted octanol–water partition coefficient (Wildman–Crippen LogP) is -0.317. The molecule has 2 aromatic rings. The van der Waals surface area contributed by atoms with Gasteiger partial charge in [-0.05, 0) is 34.7 Å². The van der Waals surface area contributed by atoms with Crippen molar-refractivity contribution in [3.63, 3.8) is 0 Å². The van der Waals surface area contributed by atoms with Gasteiger partial charge in [0.1, 0.15) is 6.33 Å². The van der Waals surface area contributed by atoms with Crippen molar-refractivity contribution in [2.24, 2.45) is 0 Å². The Balaban J connectivity index is 1.87. The third-order valence-corrected chi connectivity index (χ3v) is 4.97. The average molecular weight is 295 g/mol. The Hall–Kier alpha value is -1.84. The highest BCUT2D eigenvalue weighted by Gasteiger charge is 2.26. The number of rotatable bonds is 3. The Morgan fingerprint density at radius 2 is 1.80 bits per heavy atom. The van der Waals surface area contributed by atoms with Gasteiger partial charge in [0, 0.05) is 13.1 Å². The molecule has 1 aromatic carbocycles. The topological polar surface area (TPSA) is 90.2 Å². The molecule has 8 nitrogen and oxygen atoms in total.